The maximum absolute atomic E-state index is 13.2. The molecular formula is C24H32N4O2S2. The number of pyridine rings is 1. The van der Waals surface area contributed by atoms with Crippen molar-refractivity contribution in [3.05, 3.63) is 31.9 Å². The number of thiocarbonyl (C=S) groups is 1. The van der Waals surface area contributed by atoms with Gasteiger partial charge in [-0.1, -0.05) is 50.2 Å². The second-order valence-electron chi connectivity index (χ2n) is 8.34. The fourth-order valence-corrected chi connectivity index (χ4v) is 5.69. The predicted molar refractivity (Wildman–Crippen MR) is 136 cm³/mol. The number of aromatic nitrogens is 1. The van der Waals surface area contributed by atoms with Crippen LogP contribution in [0, 0.1) is 18.3 Å². The van der Waals surface area contributed by atoms with Crippen molar-refractivity contribution in [1.82, 2.24) is 9.47 Å². The summed E-state index contributed by atoms with van der Waals surface area (Å²) in [4.78, 5) is 30.7. The van der Waals surface area contributed by atoms with E-state index in [4.69, 9.17) is 12.2 Å². The number of hydrogen-bond acceptors (Lipinski definition) is 6. The van der Waals surface area contributed by atoms with Crippen LogP contribution in [0.3, 0.4) is 0 Å². The monoisotopic (exact) mass is 472 g/mol. The third-order valence-corrected chi connectivity index (χ3v) is 7.58. The molecule has 0 unspecified atom stereocenters. The number of nitrogens with zero attached hydrogens (tertiary/aromatic N) is 4. The van der Waals surface area contributed by atoms with Gasteiger partial charge in [-0.05, 0) is 51.2 Å². The highest BCUT2D eigenvalue weighted by atomic mass is 32.2. The molecule has 0 spiro atoms. The fourth-order valence-electron chi connectivity index (χ4n) is 4.40. The molecule has 0 saturated carbocycles. The van der Waals surface area contributed by atoms with Gasteiger partial charge in [-0.25, -0.2) is 0 Å². The molecule has 0 N–H and O–H groups in total. The molecule has 172 valence electrons. The zero-order chi connectivity index (χ0) is 23.3. The maximum atomic E-state index is 13.2. The Morgan fingerprint density at radius 1 is 1.12 bits per heavy atom. The van der Waals surface area contributed by atoms with Crippen molar-refractivity contribution in [1.29, 1.82) is 5.26 Å². The SMILES string of the molecule is CCCCCCN1C(=O)C(=Cc2c(C)c(C#N)c(=O)n(CC)c2N2CCCCC2)SC1=S. The van der Waals surface area contributed by atoms with Crippen molar-refractivity contribution in [2.45, 2.75) is 72.3 Å². The molecule has 3 rings (SSSR count). The molecule has 1 aromatic heterocycles. The van der Waals surface area contributed by atoms with Crippen molar-refractivity contribution in [3.8, 4) is 6.07 Å². The van der Waals surface area contributed by atoms with Crippen LogP contribution < -0.4 is 10.5 Å². The fraction of sp³-hybridized carbons (Fsp3) is 0.583. The first-order valence-corrected chi connectivity index (χ1v) is 12.8. The van der Waals surface area contributed by atoms with Crippen molar-refractivity contribution in [2.75, 3.05) is 24.5 Å². The molecule has 0 radical (unpaired) electrons. The van der Waals surface area contributed by atoms with Crippen molar-refractivity contribution < 1.29 is 4.79 Å². The number of nitriles is 1. The van der Waals surface area contributed by atoms with Gasteiger partial charge in [-0.3, -0.25) is 19.1 Å². The molecule has 0 bridgehead atoms. The lowest BCUT2D eigenvalue weighted by atomic mass is 10.0. The van der Waals surface area contributed by atoms with E-state index in [0.29, 0.717) is 27.9 Å². The first-order chi connectivity index (χ1) is 15.4. The third-order valence-electron chi connectivity index (χ3n) is 6.20. The van der Waals surface area contributed by atoms with Crippen LogP contribution in [0.25, 0.3) is 6.08 Å². The van der Waals surface area contributed by atoms with E-state index in [9.17, 15) is 14.9 Å². The molecule has 32 heavy (non-hydrogen) atoms. The highest BCUT2D eigenvalue weighted by Crippen LogP contribution is 2.36. The Balaban J connectivity index is 2.06. The van der Waals surface area contributed by atoms with Crippen LogP contribution >= 0.6 is 24.0 Å². The molecule has 0 aromatic carbocycles. The molecule has 2 aliphatic rings. The number of unbranched alkanes of at least 4 members (excludes halogenated alkanes) is 3. The number of anilines is 1. The summed E-state index contributed by atoms with van der Waals surface area (Å²) in [6.07, 6.45) is 9.48. The second-order valence-corrected chi connectivity index (χ2v) is 10.0. The summed E-state index contributed by atoms with van der Waals surface area (Å²) >= 11 is 6.82. The predicted octanol–water partition coefficient (Wildman–Crippen LogP) is 4.82. The number of amides is 1. The molecule has 6 nitrogen and oxygen atoms in total. The molecule has 0 aliphatic carbocycles. The van der Waals surface area contributed by atoms with E-state index in [0.717, 1.165) is 63.0 Å². The van der Waals surface area contributed by atoms with E-state index in [1.165, 1.54) is 18.2 Å². The number of thioether (sulfide) groups is 1. The summed E-state index contributed by atoms with van der Waals surface area (Å²) in [6, 6.07) is 2.09. The van der Waals surface area contributed by atoms with Crippen molar-refractivity contribution in [3.63, 3.8) is 0 Å². The minimum atomic E-state index is -0.256. The zero-order valence-electron chi connectivity index (χ0n) is 19.3. The van der Waals surface area contributed by atoms with E-state index in [2.05, 4.69) is 17.9 Å². The van der Waals surface area contributed by atoms with Crippen LogP contribution in [0.2, 0.25) is 0 Å². The van der Waals surface area contributed by atoms with Crippen molar-refractivity contribution >= 4 is 46.1 Å². The average Bonchev–Trinajstić information content (AvgIpc) is 3.06. The quantitative estimate of drug-likeness (QED) is 0.307. The molecule has 1 aromatic rings. The van der Waals surface area contributed by atoms with Gasteiger partial charge in [0, 0.05) is 31.7 Å². The molecule has 2 aliphatic heterocycles. The standard InChI is InChI=1S/C24H32N4O2S2/c1-4-6-7-11-14-28-23(30)20(32-24(28)31)15-18-17(3)19(16-25)22(29)27(5-2)21(18)26-12-9-8-10-13-26/h15H,4-14H2,1-3H3. The van der Waals surface area contributed by atoms with Crippen molar-refractivity contribution in [2.24, 2.45) is 0 Å². The first kappa shape index (κ1) is 24.5. The van der Waals surface area contributed by atoms with Gasteiger partial charge in [0.1, 0.15) is 21.8 Å². The van der Waals surface area contributed by atoms with Gasteiger partial charge in [0.2, 0.25) is 0 Å². The molecular weight excluding hydrogens is 440 g/mol. The molecule has 8 heteroatoms. The maximum Gasteiger partial charge on any atom is 0.270 e. The van der Waals surface area contributed by atoms with Gasteiger partial charge in [0.25, 0.3) is 11.5 Å². The van der Waals surface area contributed by atoms with E-state index >= 15 is 0 Å². The largest absolute Gasteiger partial charge is 0.357 e. The van der Waals surface area contributed by atoms with Gasteiger partial charge in [-0.15, -0.1) is 0 Å². The minimum Gasteiger partial charge on any atom is -0.357 e. The Labute approximate surface area is 200 Å². The van der Waals surface area contributed by atoms with Gasteiger partial charge in [-0.2, -0.15) is 5.26 Å². The topological polar surface area (TPSA) is 69.3 Å². The number of carbonyl (C=O) groups is 1. The van der Waals surface area contributed by atoms with Crippen LogP contribution in [0.1, 0.15) is 75.5 Å². The van der Waals surface area contributed by atoms with Crippen LogP contribution in [0.5, 0.6) is 0 Å². The van der Waals surface area contributed by atoms with E-state index < -0.39 is 0 Å². The summed E-state index contributed by atoms with van der Waals surface area (Å²) < 4.78 is 2.27. The van der Waals surface area contributed by atoms with Crippen LogP contribution in [-0.4, -0.2) is 39.3 Å². The Morgan fingerprint density at radius 3 is 2.47 bits per heavy atom. The Bertz CT molecular complexity index is 1020. The lowest BCUT2D eigenvalue weighted by Crippen LogP contribution is -2.37. The zero-order valence-corrected chi connectivity index (χ0v) is 20.9. The summed E-state index contributed by atoms with van der Waals surface area (Å²) in [5.41, 5.74) is 1.31. The molecule has 0 atom stereocenters. The summed E-state index contributed by atoms with van der Waals surface area (Å²) in [5.74, 6) is 0.746. The van der Waals surface area contributed by atoms with Gasteiger partial charge < -0.3 is 4.90 Å². The molecule has 1 amide bonds. The Morgan fingerprint density at radius 2 is 1.84 bits per heavy atom. The highest BCUT2D eigenvalue weighted by molar-refractivity contribution is 8.26. The van der Waals surface area contributed by atoms with E-state index in [1.54, 1.807) is 9.47 Å². The Kier molecular flexibility index (Phi) is 8.55. The van der Waals surface area contributed by atoms with Crippen LogP contribution in [0.4, 0.5) is 5.82 Å². The molecule has 3 heterocycles. The summed E-state index contributed by atoms with van der Waals surface area (Å²) in [6.45, 7) is 8.73. The molecule has 2 saturated heterocycles. The summed E-state index contributed by atoms with van der Waals surface area (Å²) in [5, 5.41) is 9.68. The van der Waals surface area contributed by atoms with Crippen LogP contribution in [-0.2, 0) is 11.3 Å². The van der Waals surface area contributed by atoms with E-state index in [-0.39, 0.29) is 17.0 Å². The second kappa shape index (κ2) is 11.2. The van der Waals surface area contributed by atoms with Gasteiger partial charge in [0.05, 0.1) is 4.91 Å². The van der Waals surface area contributed by atoms with E-state index in [1.807, 2.05) is 19.9 Å². The number of hydrogen-bond donors (Lipinski definition) is 0. The normalized spacial score (nSPS) is 18.0. The number of rotatable bonds is 8. The molecule has 2 fully saturated rings. The first-order valence-electron chi connectivity index (χ1n) is 11.6. The average molecular weight is 473 g/mol. The highest BCUT2D eigenvalue weighted by Gasteiger charge is 2.33. The Hall–Kier alpha value is -2.11. The minimum absolute atomic E-state index is 0.0757. The van der Waals surface area contributed by atoms with Crippen LogP contribution in [0.15, 0.2) is 9.70 Å². The van der Waals surface area contributed by atoms with Gasteiger partial charge in [0.15, 0.2) is 0 Å². The number of piperidine rings is 1. The number of carbonyl (C=O) groups excluding carboxylic acids is 1. The third kappa shape index (κ3) is 4.94. The lowest BCUT2D eigenvalue weighted by molar-refractivity contribution is -0.122. The lowest BCUT2D eigenvalue weighted by Gasteiger charge is -2.33. The smallest absolute Gasteiger partial charge is 0.270 e. The van der Waals surface area contributed by atoms with Gasteiger partial charge >= 0.3 is 0 Å². The summed E-state index contributed by atoms with van der Waals surface area (Å²) in [7, 11) is 0.